The van der Waals surface area contributed by atoms with E-state index in [-0.39, 0.29) is 0 Å². The maximum atomic E-state index is 6.02. The highest BCUT2D eigenvalue weighted by Crippen LogP contribution is 2.37. The average molecular weight is 558 g/mol. The molecule has 164 valence electrons. The van der Waals surface area contributed by atoms with Crippen molar-refractivity contribution in [2.75, 3.05) is 12.5 Å². The normalized spacial score (nSPS) is 11.2. The Labute approximate surface area is 203 Å². The van der Waals surface area contributed by atoms with Crippen LogP contribution in [0.4, 0.5) is 5.95 Å². The van der Waals surface area contributed by atoms with Crippen LogP contribution < -0.4 is 14.9 Å². The Morgan fingerprint density at radius 2 is 1.88 bits per heavy atom. The van der Waals surface area contributed by atoms with Crippen LogP contribution >= 0.6 is 31.9 Å². The van der Waals surface area contributed by atoms with Gasteiger partial charge in [0.05, 0.1) is 28.8 Å². The van der Waals surface area contributed by atoms with Gasteiger partial charge in [-0.2, -0.15) is 5.10 Å². The fourth-order valence-electron chi connectivity index (χ4n) is 3.34. The number of anilines is 1. The lowest BCUT2D eigenvalue weighted by Gasteiger charge is -2.13. The first-order chi connectivity index (χ1) is 15.6. The van der Waals surface area contributed by atoms with E-state index in [4.69, 9.17) is 9.47 Å². The van der Waals surface area contributed by atoms with Gasteiger partial charge in [0.2, 0.25) is 5.95 Å². The molecule has 0 unspecified atom stereocenters. The molecule has 0 saturated carbocycles. The van der Waals surface area contributed by atoms with Gasteiger partial charge in [0.15, 0.2) is 11.5 Å². The number of aromatic nitrogens is 2. The average Bonchev–Trinajstić information content (AvgIpc) is 3.16. The first-order valence-electron chi connectivity index (χ1n) is 10.1. The summed E-state index contributed by atoms with van der Waals surface area (Å²) >= 11 is 7.04. The molecule has 8 heteroatoms. The number of ether oxygens (including phenoxy) is 2. The van der Waals surface area contributed by atoms with E-state index >= 15 is 0 Å². The summed E-state index contributed by atoms with van der Waals surface area (Å²) in [6, 6.07) is 19.9. The molecule has 0 amide bonds. The van der Waals surface area contributed by atoms with Gasteiger partial charge in [0.1, 0.15) is 6.61 Å². The third-order valence-corrected chi connectivity index (χ3v) is 6.01. The number of para-hydroxylation sites is 2. The van der Waals surface area contributed by atoms with E-state index in [2.05, 4.69) is 64.9 Å². The largest absolute Gasteiger partial charge is 0.493 e. The fourth-order valence-corrected chi connectivity index (χ4v) is 4.17. The van der Waals surface area contributed by atoms with Gasteiger partial charge in [-0.25, -0.2) is 10.4 Å². The molecule has 1 heterocycles. The Bertz CT molecular complexity index is 1250. The number of halogens is 2. The molecule has 1 aromatic heterocycles. The maximum Gasteiger partial charge on any atom is 0.224 e. The van der Waals surface area contributed by atoms with Crippen molar-refractivity contribution in [2.45, 2.75) is 20.1 Å². The SMILES string of the molecule is CCn1c(N/N=C\c2cc(Br)c(OCc3ccc(Br)cc3)c(OC)c2)nc2ccccc21. The minimum absolute atomic E-state index is 0.435. The Hall–Kier alpha value is -2.84. The summed E-state index contributed by atoms with van der Waals surface area (Å²) in [5.74, 6) is 1.97. The van der Waals surface area contributed by atoms with Gasteiger partial charge >= 0.3 is 0 Å². The monoisotopic (exact) mass is 556 g/mol. The Morgan fingerprint density at radius 3 is 2.62 bits per heavy atom. The minimum Gasteiger partial charge on any atom is -0.493 e. The van der Waals surface area contributed by atoms with E-state index in [1.807, 2.05) is 54.6 Å². The first kappa shape index (κ1) is 22.4. The Kier molecular flexibility index (Phi) is 7.12. The quantitative estimate of drug-likeness (QED) is 0.195. The molecule has 6 nitrogen and oxygen atoms in total. The van der Waals surface area contributed by atoms with Gasteiger partial charge in [-0.1, -0.05) is 40.2 Å². The van der Waals surface area contributed by atoms with E-state index < -0.39 is 0 Å². The second-order valence-corrected chi connectivity index (χ2v) is 8.76. The summed E-state index contributed by atoms with van der Waals surface area (Å²) in [5, 5.41) is 4.38. The van der Waals surface area contributed by atoms with E-state index in [1.54, 1.807) is 13.3 Å². The van der Waals surface area contributed by atoms with Crippen molar-refractivity contribution in [3.63, 3.8) is 0 Å². The van der Waals surface area contributed by atoms with Crippen LogP contribution in [0.5, 0.6) is 11.5 Å². The highest BCUT2D eigenvalue weighted by molar-refractivity contribution is 9.10. The van der Waals surface area contributed by atoms with E-state index in [0.717, 1.165) is 37.7 Å². The number of benzene rings is 3. The zero-order valence-corrected chi connectivity index (χ0v) is 20.9. The van der Waals surface area contributed by atoms with Crippen LogP contribution in [-0.4, -0.2) is 22.9 Å². The van der Waals surface area contributed by atoms with Gasteiger partial charge in [0, 0.05) is 11.0 Å². The predicted octanol–water partition coefficient (Wildman–Crippen LogP) is 6.61. The lowest BCUT2D eigenvalue weighted by atomic mass is 10.2. The second kappa shape index (κ2) is 10.2. The first-order valence-corrected chi connectivity index (χ1v) is 11.7. The molecule has 0 aliphatic rings. The van der Waals surface area contributed by atoms with Crippen LogP contribution in [0.3, 0.4) is 0 Å². The topological polar surface area (TPSA) is 60.7 Å². The second-order valence-electron chi connectivity index (χ2n) is 6.99. The van der Waals surface area contributed by atoms with Gasteiger partial charge < -0.3 is 14.0 Å². The molecule has 0 fully saturated rings. The molecule has 4 aromatic rings. The van der Waals surface area contributed by atoms with Crippen LogP contribution in [0.25, 0.3) is 11.0 Å². The summed E-state index contributed by atoms with van der Waals surface area (Å²) < 4.78 is 15.5. The number of hydrogen-bond donors (Lipinski definition) is 1. The number of hydrogen-bond acceptors (Lipinski definition) is 5. The number of rotatable bonds is 8. The molecule has 0 saturated heterocycles. The highest BCUT2D eigenvalue weighted by Gasteiger charge is 2.12. The third-order valence-electron chi connectivity index (χ3n) is 4.90. The van der Waals surface area contributed by atoms with Crippen LogP contribution in [0.2, 0.25) is 0 Å². The Balaban J connectivity index is 1.50. The van der Waals surface area contributed by atoms with Crippen LogP contribution in [0, 0.1) is 0 Å². The number of fused-ring (bicyclic) bond motifs is 1. The van der Waals surface area contributed by atoms with Crippen LogP contribution in [0.15, 0.2) is 74.7 Å². The number of hydrazone groups is 1. The van der Waals surface area contributed by atoms with Crippen molar-refractivity contribution in [3.8, 4) is 11.5 Å². The zero-order valence-electron chi connectivity index (χ0n) is 17.7. The molecule has 0 aliphatic heterocycles. The molecular formula is C24H22Br2N4O2. The molecule has 32 heavy (non-hydrogen) atoms. The molecule has 0 atom stereocenters. The summed E-state index contributed by atoms with van der Waals surface area (Å²) in [5.41, 5.74) is 6.99. The van der Waals surface area contributed by atoms with Crippen LogP contribution in [0.1, 0.15) is 18.1 Å². The summed E-state index contributed by atoms with van der Waals surface area (Å²) in [6.45, 7) is 3.31. The number of nitrogens with one attached hydrogen (secondary N) is 1. The Morgan fingerprint density at radius 1 is 1.09 bits per heavy atom. The smallest absolute Gasteiger partial charge is 0.224 e. The van der Waals surface area contributed by atoms with E-state index in [1.165, 1.54) is 0 Å². The standard InChI is InChI=1S/C24H22Br2N4O2/c1-3-30-21-7-5-4-6-20(21)28-24(30)29-27-14-17-12-19(26)23(22(13-17)31-2)32-15-16-8-10-18(25)11-9-16/h4-14H,3,15H2,1-2H3,(H,28,29)/b27-14-. The number of imidazole rings is 1. The zero-order chi connectivity index (χ0) is 22.5. The van der Waals surface area contributed by atoms with Gasteiger partial charge in [-0.15, -0.1) is 0 Å². The molecule has 3 aromatic carbocycles. The molecule has 1 N–H and O–H groups in total. The summed E-state index contributed by atoms with van der Waals surface area (Å²) in [7, 11) is 1.62. The lowest BCUT2D eigenvalue weighted by Crippen LogP contribution is -2.02. The van der Waals surface area contributed by atoms with Crippen molar-refractivity contribution in [2.24, 2.45) is 5.10 Å². The highest BCUT2D eigenvalue weighted by atomic mass is 79.9. The van der Waals surface area contributed by atoms with Gasteiger partial charge in [-0.05, 0) is 70.4 Å². The van der Waals surface area contributed by atoms with E-state index in [9.17, 15) is 0 Å². The third kappa shape index (κ3) is 4.97. The molecule has 0 radical (unpaired) electrons. The van der Waals surface area contributed by atoms with Gasteiger partial charge in [-0.3, -0.25) is 0 Å². The van der Waals surface area contributed by atoms with Crippen molar-refractivity contribution in [3.05, 3.63) is 80.7 Å². The van der Waals surface area contributed by atoms with Crippen molar-refractivity contribution < 1.29 is 9.47 Å². The summed E-state index contributed by atoms with van der Waals surface area (Å²) in [6.07, 6.45) is 1.73. The molecule has 4 rings (SSSR count). The number of methoxy groups -OCH3 is 1. The summed E-state index contributed by atoms with van der Waals surface area (Å²) in [4.78, 5) is 4.62. The predicted molar refractivity (Wildman–Crippen MR) is 136 cm³/mol. The fraction of sp³-hybridized carbons (Fsp3) is 0.167. The maximum absolute atomic E-state index is 6.02. The molecule has 0 aliphatic carbocycles. The molecule has 0 spiro atoms. The molecule has 0 bridgehead atoms. The number of aryl methyl sites for hydroxylation is 1. The van der Waals surface area contributed by atoms with Gasteiger partial charge in [0.25, 0.3) is 0 Å². The lowest BCUT2D eigenvalue weighted by molar-refractivity contribution is 0.282. The van der Waals surface area contributed by atoms with Crippen molar-refractivity contribution in [1.29, 1.82) is 0 Å². The van der Waals surface area contributed by atoms with E-state index in [0.29, 0.717) is 24.1 Å². The van der Waals surface area contributed by atoms with Crippen molar-refractivity contribution >= 4 is 55.1 Å². The minimum atomic E-state index is 0.435. The number of nitrogens with zero attached hydrogens (tertiary/aromatic N) is 3. The van der Waals surface area contributed by atoms with Crippen molar-refractivity contribution in [1.82, 2.24) is 9.55 Å². The molecular weight excluding hydrogens is 536 g/mol. The van der Waals surface area contributed by atoms with Crippen LogP contribution in [-0.2, 0) is 13.2 Å².